The molecular formula is C24H18N2O5. The van der Waals surface area contributed by atoms with Gasteiger partial charge in [-0.2, -0.15) is 0 Å². The van der Waals surface area contributed by atoms with Crippen LogP contribution in [0, 0.1) is 11.8 Å². The molecule has 7 nitrogen and oxygen atoms in total. The summed E-state index contributed by atoms with van der Waals surface area (Å²) in [5.74, 6) is 5.03. The van der Waals surface area contributed by atoms with Crippen LogP contribution in [-0.4, -0.2) is 34.2 Å². The standard InChI is InChI=1S/C24H18N2O5/c1-31-21-11-12-25-19(21)13-17-22-15(3-2-4-18(22)26-23(17)28)9-10-20(27)14-5-7-16(8-6-14)24(29)30/h2-8,11-13,20,25,27H,1H3,(H,26,28)(H,29,30). The van der Waals surface area contributed by atoms with Crippen molar-refractivity contribution < 1.29 is 24.5 Å². The number of nitrogens with one attached hydrogen (secondary N) is 2. The SMILES string of the molecule is COc1cc[nH]c1C=C1C(=O)Nc2cccc(C#CC(O)c3ccc(C(=O)O)cc3)c21. The fourth-order valence-corrected chi connectivity index (χ4v) is 3.33. The van der Waals surface area contributed by atoms with Crippen LogP contribution in [0.5, 0.6) is 5.75 Å². The average molecular weight is 414 g/mol. The van der Waals surface area contributed by atoms with E-state index in [0.717, 1.165) is 0 Å². The number of aliphatic hydroxyl groups is 1. The van der Waals surface area contributed by atoms with Crippen molar-refractivity contribution in [3.8, 4) is 17.6 Å². The third-order valence-electron chi connectivity index (χ3n) is 4.89. The molecule has 1 aliphatic heterocycles. The number of aromatic nitrogens is 1. The number of hydrogen-bond donors (Lipinski definition) is 4. The molecule has 4 rings (SSSR count). The molecule has 0 spiro atoms. The van der Waals surface area contributed by atoms with Gasteiger partial charge in [-0.1, -0.05) is 30.0 Å². The molecule has 0 aliphatic carbocycles. The molecule has 154 valence electrons. The number of aliphatic hydroxyl groups excluding tert-OH is 1. The summed E-state index contributed by atoms with van der Waals surface area (Å²) in [6.07, 6.45) is 2.31. The van der Waals surface area contributed by atoms with Gasteiger partial charge in [0.15, 0.2) is 0 Å². The molecule has 1 aliphatic rings. The summed E-state index contributed by atoms with van der Waals surface area (Å²) in [4.78, 5) is 26.6. The molecular weight excluding hydrogens is 396 g/mol. The molecule has 1 amide bonds. The number of hydrogen-bond acceptors (Lipinski definition) is 4. The largest absolute Gasteiger partial charge is 0.495 e. The summed E-state index contributed by atoms with van der Waals surface area (Å²) in [7, 11) is 1.55. The molecule has 4 N–H and O–H groups in total. The van der Waals surface area contributed by atoms with Crippen LogP contribution < -0.4 is 10.1 Å². The van der Waals surface area contributed by atoms with Crippen LogP contribution in [0.4, 0.5) is 5.69 Å². The molecule has 1 unspecified atom stereocenters. The van der Waals surface area contributed by atoms with Crippen molar-refractivity contribution >= 4 is 29.2 Å². The summed E-state index contributed by atoms with van der Waals surface area (Å²) in [6, 6.07) is 13.0. The van der Waals surface area contributed by atoms with E-state index < -0.39 is 12.1 Å². The second kappa shape index (κ2) is 8.22. The van der Waals surface area contributed by atoms with Gasteiger partial charge in [0, 0.05) is 17.3 Å². The minimum Gasteiger partial charge on any atom is -0.495 e. The maximum atomic E-state index is 12.6. The van der Waals surface area contributed by atoms with Gasteiger partial charge in [-0.25, -0.2) is 4.79 Å². The van der Waals surface area contributed by atoms with Gasteiger partial charge < -0.3 is 25.3 Å². The summed E-state index contributed by atoms with van der Waals surface area (Å²) < 4.78 is 5.29. The van der Waals surface area contributed by atoms with E-state index in [1.807, 2.05) is 0 Å². The Morgan fingerprint density at radius 2 is 1.94 bits per heavy atom. The number of ether oxygens (including phenoxy) is 1. The Labute approximate surface area is 178 Å². The number of methoxy groups -OCH3 is 1. The lowest BCUT2D eigenvalue weighted by Gasteiger charge is -2.05. The number of carboxylic acid groups (broad SMARTS) is 1. The molecule has 3 aromatic rings. The lowest BCUT2D eigenvalue weighted by Crippen LogP contribution is -2.03. The van der Waals surface area contributed by atoms with E-state index in [2.05, 4.69) is 22.1 Å². The number of anilines is 1. The molecule has 1 aromatic heterocycles. The predicted octanol–water partition coefficient (Wildman–Crippen LogP) is 3.30. The van der Waals surface area contributed by atoms with Gasteiger partial charge in [-0.3, -0.25) is 4.79 Å². The minimum absolute atomic E-state index is 0.129. The van der Waals surface area contributed by atoms with E-state index >= 15 is 0 Å². The first kappa shape index (κ1) is 20.0. The van der Waals surface area contributed by atoms with E-state index in [0.29, 0.717) is 39.4 Å². The van der Waals surface area contributed by atoms with Gasteiger partial charge in [0.25, 0.3) is 5.91 Å². The van der Waals surface area contributed by atoms with Crippen LogP contribution >= 0.6 is 0 Å². The van der Waals surface area contributed by atoms with E-state index in [-0.39, 0.29) is 11.5 Å². The van der Waals surface area contributed by atoms with Crippen LogP contribution in [0.15, 0.2) is 54.7 Å². The highest BCUT2D eigenvalue weighted by Gasteiger charge is 2.27. The average Bonchev–Trinajstić information content (AvgIpc) is 3.36. The van der Waals surface area contributed by atoms with Crippen LogP contribution in [0.3, 0.4) is 0 Å². The van der Waals surface area contributed by atoms with Gasteiger partial charge in [0.05, 0.1) is 29.6 Å². The number of aromatic amines is 1. The second-order valence-electron chi connectivity index (χ2n) is 6.80. The smallest absolute Gasteiger partial charge is 0.335 e. The normalized spacial score (nSPS) is 14.4. The highest BCUT2D eigenvalue weighted by molar-refractivity contribution is 6.35. The number of aromatic carboxylic acids is 1. The van der Waals surface area contributed by atoms with Gasteiger partial charge in [0.2, 0.25) is 0 Å². The Kier molecular flexibility index (Phi) is 5.31. The zero-order valence-corrected chi connectivity index (χ0v) is 16.5. The number of rotatable bonds is 4. The van der Waals surface area contributed by atoms with Crippen LogP contribution in [-0.2, 0) is 4.79 Å². The summed E-state index contributed by atoms with van der Waals surface area (Å²) in [6.45, 7) is 0. The van der Waals surface area contributed by atoms with Crippen LogP contribution in [0.25, 0.3) is 11.6 Å². The first-order valence-electron chi connectivity index (χ1n) is 9.38. The van der Waals surface area contributed by atoms with Gasteiger partial charge in [-0.15, -0.1) is 0 Å². The molecule has 0 bridgehead atoms. The van der Waals surface area contributed by atoms with Crippen molar-refractivity contribution in [1.82, 2.24) is 4.98 Å². The van der Waals surface area contributed by atoms with Gasteiger partial charge >= 0.3 is 5.97 Å². The lowest BCUT2D eigenvalue weighted by atomic mass is 9.99. The molecule has 31 heavy (non-hydrogen) atoms. The Morgan fingerprint density at radius 3 is 2.65 bits per heavy atom. The highest BCUT2D eigenvalue weighted by Crippen LogP contribution is 2.36. The number of fused-ring (bicyclic) bond motifs is 1. The number of benzene rings is 2. The molecule has 2 aromatic carbocycles. The van der Waals surface area contributed by atoms with Crippen LogP contribution in [0.2, 0.25) is 0 Å². The van der Waals surface area contributed by atoms with E-state index in [4.69, 9.17) is 9.84 Å². The van der Waals surface area contributed by atoms with Crippen LogP contribution in [0.1, 0.15) is 38.8 Å². The number of carbonyl (C=O) groups is 2. The van der Waals surface area contributed by atoms with Crippen molar-refractivity contribution in [2.24, 2.45) is 0 Å². The number of H-pyrrole nitrogens is 1. The Morgan fingerprint density at radius 1 is 1.16 bits per heavy atom. The Bertz CT molecular complexity index is 1260. The first-order chi connectivity index (χ1) is 15.0. The zero-order valence-electron chi connectivity index (χ0n) is 16.5. The van der Waals surface area contributed by atoms with Crippen molar-refractivity contribution in [3.63, 3.8) is 0 Å². The van der Waals surface area contributed by atoms with Crippen molar-refractivity contribution in [2.45, 2.75) is 6.10 Å². The molecule has 0 saturated heterocycles. The molecule has 0 fully saturated rings. The van der Waals surface area contributed by atoms with Crippen molar-refractivity contribution in [1.29, 1.82) is 0 Å². The fraction of sp³-hybridized carbons (Fsp3) is 0.0833. The van der Waals surface area contributed by atoms with E-state index in [1.165, 1.54) is 24.3 Å². The summed E-state index contributed by atoms with van der Waals surface area (Å²) in [5, 5.41) is 22.2. The summed E-state index contributed by atoms with van der Waals surface area (Å²) in [5.41, 5.74) is 3.55. The monoisotopic (exact) mass is 414 g/mol. The Hall–Kier alpha value is -4.28. The summed E-state index contributed by atoms with van der Waals surface area (Å²) >= 11 is 0. The third kappa shape index (κ3) is 3.92. The fourth-order valence-electron chi connectivity index (χ4n) is 3.33. The first-order valence-corrected chi connectivity index (χ1v) is 9.38. The molecule has 0 saturated carbocycles. The topological polar surface area (TPSA) is 112 Å². The number of amides is 1. The lowest BCUT2D eigenvalue weighted by molar-refractivity contribution is -0.110. The zero-order chi connectivity index (χ0) is 22.0. The van der Waals surface area contributed by atoms with Gasteiger partial charge in [0.1, 0.15) is 11.9 Å². The predicted molar refractivity (Wildman–Crippen MR) is 116 cm³/mol. The molecule has 0 radical (unpaired) electrons. The Balaban J connectivity index is 1.69. The third-order valence-corrected chi connectivity index (χ3v) is 4.89. The van der Waals surface area contributed by atoms with E-state index in [9.17, 15) is 14.7 Å². The minimum atomic E-state index is -1.11. The second-order valence-corrected chi connectivity index (χ2v) is 6.80. The highest BCUT2D eigenvalue weighted by atomic mass is 16.5. The number of carbonyl (C=O) groups excluding carboxylic acids is 1. The van der Waals surface area contributed by atoms with Gasteiger partial charge in [-0.05, 0) is 42.0 Å². The molecule has 2 heterocycles. The van der Waals surface area contributed by atoms with Crippen molar-refractivity contribution in [2.75, 3.05) is 12.4 Å². The maximum Gasteiger partial charge on any atom is 0.335 e. The quantitative estimate of drug-likeness (QED) is 0.387. The number of carboxylic acids is 1. The molecule has 7 heteroatoms. The maximum absolute atomic E-state index is 12.6. The molecule has 1 atom stereocenters. The van der Waals surface area contributed by atoms with E-state index in [1.54, 1.807) is 43.6 Å². The van der Waals surface area contributed by atoms with Crippen molar-refractivity contribution in [3.05, 3.63) is 82.7 Å².